The topological polar surface area (TPSA) is 51.2 Å². The van der Waals surface area contributed by atoms with Crippen molar-refractivity contribution in [2.45, 2.75) is 12.7 Å². The molecule has 4 nitrogen and oxygen atoms in total. The van der Waals surface area contributed by atoms with Gasteiger partial charge in [0.15, 0.2) is 0 Å². The van der Waals surface area contributed by atoms with Gasteiger partial charge in [-0.05, 0) is 17.7 Å². The van der Waals surface area contributed by atoms with Crippen LogP contribution in [0.5, 0.6) is 5.75 Å². The molecule has 1 fully saturated rings. The van der Waals surface area contributed by atoms with Gasteiger partial charge in [0.25, 0.3) is 0 Å². The van der Waals surface area contributed by atoms with Crippen molar-refractivity contribution < 1.29 is 19.3 Å². The van der Waals surface area contributed by atoms with Crippen LogP contribution >= 0.6 is 0 Å². The van der Waals surface area contributed by atoms with Gasteiger partial charge in [-0.3, -0.25) is 0 Å². The number of hydrogen-bond acceptors (Lipinski definition) is 4. The lowest BCUT2D eigenvalue weighted by Gasteiger charge is -2.06. The predicted molar refractivity (Wildman–Crippen MR) is 58.4 cm³/mol. The monoisotopic (exact) mass is 224 g/mol. The van der Waals surface area contributed by atoms with E-state index in [9.17, 15) is 0 Å². The summed E-state index contributed by atoms with van der Waals surface area (Å²) in [7, 11) is 0. The van der Waals surface area contributed by atoms with E-state index in [-0.39, 0.29) is 12.7 Å². The van der Waals surface area contributed by atoms with Crippen molar-refractivity contribution in [3.8, 4) is 5.75 Å². The number of aliphatic hydroxyl groups excluding tert-OH is 1. The first-order valence-corrected chi connectivity index (χ1v) is 5.40. The first-order chi connectivity index (χ1) is 7.88. The van der Waals surface area contributed by atoms with E-state index in [1.54, 1.807) is 0 Å². The lowest BCUT2D eigenvalue weighted by molar-refractivity contribution is 0.0815. The fourth-order valence-electron chi connectivity index (χ4n) is 1.29. The molecule has 0 bridgehead atoms. The number of benzene rings is 1. The van der Waals surface area contributed by atoms with Gasteiger partial charge in [0, 0.05) is 0 Å². The van der Waals surface area contributed by atoms with Crippen molar-refractivity contribution >= 4 is 0 Å². The van der Waals surface area contributed by atoms with Crippen LogP contribution in [0.1, 0.15) is 5.56 Å². The Labute approximate surface area is 94.8 Å². The van der Waals surface area contributed by atoms with E-state index >= 15 is 0 Å². The van der Waals surface area contributed by atoms with E-state index in [1.165, 1.54) is 0 Å². The van der Waals surface area contributed by atoms with Crippen LogP contribution in [-0.2, 0) is 16.1 Å². The molecule has 88 valence electrons. The van der Waals surface area contributed by atoms with Crippen molar-refractivity contribution in [1.29, 1.82) is 0 Å². The van der Waals surface area contributed by atoms with E-state index in [1.807, 2.05) is 24.3 Å². The van der Waals surface area contributed by atoms with Crippen LogP contribution in [0.2, 0.25) is 0 Å². The summed E-state index contributed by atoms with van der Waals surface area (Å²) in [6.07, 6.45) is 0.285. The number of aliphatic hydroxyl groups is 1. The van der Waals surface area contributed by atoms with Crippen LogP contribution in [0.3, 0.4) is 0 Å². The zero-order valence-corrected chi connectivity index (χ0v) is 9.09. The fourth-order valence-corrected chi connectivity index (χ4v) is 1.29. The van der Waals surface area contributed by atoms with Crippen molar-refractivity contribution in [3.63, 3.8) is 0 Å². The summed E-state index contributed by atoms with van der Waals surface area (Å²) in [6, 6.07) is 7.75. The zero-order valence-electron chi connectivity index (χ0n) is 9.09. The molecule has 1 atom stereocenters. The summed E-state index contributed by atoms with van der Waals surface area (Å²) >= 11 is 0. The van der Waals surface area contributed by atoms with Crippen molar-refractivity contribution in [2.75, 3.05) is 26.4 Å². The number of ether oxygens (including phenoxy) is 3. The van der Waals surface area contributed by atoms with Crippen LogP contribution in [0, 0.1) is 0 Å². The van der Waals surface area contributed by atoms with E-state index in [0.717, 1.165) is 17.9 Å². The maximum absolute atomic E-state index is 8.56. The molecule has 1 aromatic carbocycles. The average molecular weight is 224 g/mol. The highest BCUT2D eigenvalue weighted by atomic mass is 16.6. The van der Waals surface area contributed by atoms with E-state index in [0.29, 0.717) is 19.8 Å². The minimum absolute atomic E-state index is 0.0581. The Hall–Kier alpha value is -1.10. The Morgan fingerprint density at radius 1 is 1.31 bits per heavy atom. The van der Waals surface area contributed by atoms with E-state index in [2.05, 4.69) is 0 Å². The largest absolute Gasteiger partial charge is 0.491 e. The normalized spacial score (nSPS) is 18.4. The molecule has 1 saturated heterocycles. The molecule has 0 aliphatic carbocycles. The highest BCUT2D eigenvalue weighted by Gasteiger charge is 2.22. The summed E-state index contributed by atoms with van der Waals surface area (Å²) in [5.41, 5.74) is 1.07. The minimum Gasteiger partial charge on any atom is -0.491 e. The molecule has 1 heterocycles. The maximum atomic E-state index is 8.56. The second-order valence-electron chi connectivity index (χ2n) is 3.69. The van der Waals surface area contributed by atoms with Gasteiger partial charge in [-0.25, -0.2) is 0 Å². The van der Waals surface area contributed by atoms with Crippen LogP contribution < -0.4 is 4.74 Å². The highest BCUT2D eigenvalue weighted by molar-refractivity contribution is 5.26. The fraction of sp³-hybridized carbons (Fsp3) is 0.500. The molecule has 0 radical (unpaired) electrons. The molecule has 1 aliphatic heterocycles. The molecule has 0 saturated carbocycles. The van der Waals surface area contributed by atoms with Gasteiger partial charge in [-0.2, -0.15) is 0 Å². The summed E-state index contributed by atoms with van der Waals surface area (Å²) in [4.78, 5) is 0. The third-order valence-electron chi connectivity index (χ3n) is 2.27. The number of rotatable bonds is 7. The van der Waals surface area contributed by atoms with Crippen LogP contribution in [-0.4, -0.2) is 37.6 Å². The summed E-state index contributed by atoms with van der Waals surface area (Å²) in [5.74, 6) is 0.849. The first-order valence-electron chi connectivity index (χ1n) is 5.40. The highest BCUT2D eigenvalue weighted by Crippen LogP contribution is 2.16. The lowest BCUT2D eigenvalue weighted by Crippen LogP contribution is -2.04. The Balaban J connectivity index is 1.74. The van der Waals surface area contributed by atoms with Gasteiger partial charge in [0.1, 0.15) is 18.5 Å². The standard InChI is InChI=1S/C12H16O4/c13-5-6-14-7-10-1-3-11(4-2-10)15-8-12-9-16-12/h1-4,12-13H,5-9H2. The third kappa shape index (κ3) is 3.81. The second kappa shape index (κ2) is 5.84. The molecule has 2 rings (SSSR count). The van der Waals surface area contributed by atoms with Crippen LogP contribution in [0.15, 0.2) is 24.3 Å². The predicted octanol–water partition coefficient (Wildman–Crippen LogP) is 0.973. The smallest absolute Gasteiger partial charge is 0.119 e. The molecular weight excluding hydrogens is 208 g/mol. The molecule has 16 heavy (non-hydrogen) atoms. The summed E-state index contributed by atoms with van der Waals surface area (Å²) in [5, 5.41) is 8.56. The zero-order chi connectivity index (χ0) is 11.2. The van der Waals surface area contributed by atoms with Gasteiger partial charge in [-0.15, -0.1) is 0 Å². The molecular formula is C12H16O4. The Morgan fingerprint density at radius 3 is 2.69 bits per heavy atom. The molecule has 1 unspecified atom stereocenters. The summed E-state index contributed by atoms with van der Waals surface area (Å²) < 4.78 is 15.8. The Bertz CT molecular complexity index is 305. The number of epoxide rings is 1. The SMILES string of the molecule is OCCOCc1ccc(OCC2CO2)cc1. The van der Waals surface area contributed by atoms with Crippen molar-refractivity contribution in [2.24, 2.45) is 0 Å². The molecule has 0 spiro atoms. The molecule has 0 amide bonds. The van der Waals surface area contributed by atoms with Crippen molar-refractivity contribution in [1.82, 2.24) is 0 Å². The van der Waals surface area contributed by atoms with Gasteiger partial charge in [0.2, 0.25) is 0 Å². The lowest BCUT2D eigenvalue weighted by atomic mass is 10.2. The van der Waals surface area contributed by atoms with Crippen LogP contribution in [0.25, 0.3) is 0 Å². The van der Waals surface area contributed by atoms with Gasteiger partial charge in [0.05, 0.1) is 26.4 Å². The van der Waals surface area contributed by atoms with Gasteiger partial charge in [-0.1, -0.05) is 12.1 Å². The molecule has 0 aromatic heterocycles. The first kappa shape index (κ1) is 11.4. The van der Waals surface area contributed by atoms with Crippen molar-refractivity contribution in [3.05, 3.63) is 29.8 Å². The molecule has 1 aliphatic rings. The van der Waals surface area contributed by atoms with Gasteiger partial charge < -0.3 is 19.3 Å². The maximum Gasteiger partial charge on any atom is 0.119 e. The molecule has 4 heteroatoms. The number of hydrogen-bond donors (Lipinski definition) is 1. The Kier molecular flexibility index (Phi) is 4.16. The Morgan fingerprint density at radius 2 is 2.06 bits per heavy atom. The second-order valence-corrected chi connectivity index (χ2v) is 3.69. The summed E-state index contributed by atoms with van der Waals surface area (Å²) in [6.45, 7) is 2.39. The molecule has 1 N–H and O–H groups in total. The van der Waals surface area contributed by atoms with E-state index < -0.39 is 0 Å². The van der Waals surface area contributed by atoms with E-state index in [4.69, 9.17) is 19.3 Å². The molecule has 1 aromatic rings. The minimum atomic E-state index is 0.0581. The third-order valence-corrected chi connectivity index (χ3v) is 2.27. The van der Waals surface area contributed by atoms with Gasteiger partial charge >= 0.3 is 0 Å². The average Bonchev–Trinajstić information content (AvgIpc) is 3.12. The quantitative estimate of drug-likeness (QED) is 0.554. The van der Waals surface area contributed by atoms with Crippen LogP contribution in [0.4, 0.5) is 0 Å².